The molecule has 9 heteroatoms. The third kappa shape index (κ3) is 7.55. The number of nitrogens with zero attached hydrogens (tertiary/aromatic N) is 2. The van der Waals surface area contributed by atoms with E-state index >= 15 is 0 Å². The monoisotopic (exact) mass is 529 g/mol. The molecule has 1 N–H and O–H groups in total. The first-order chi connectivity index (χ1) is 17.6. The van der Waals surface area contributed by atoms with Gasteiger partial charge in [-0.1, -0.05) is 56.0 Å². The zero-order chi connectivity index (χ0) is 27.0. The number of likely N-dealkylation sites (N-methyl/N-ethyl adjacent to an activating group) is 1. The molecule has 0 saturated heterocycles. The molecule has 3 rings (SSSR count). The number of hydrogen-bond acceptors (Lipinski definition) is 5. The Balaban J connectivity index is 1.83. The van der Waals surface area contributed by atoms with E-state index in [1.54, 1.807) is 31.4 Å². The van der Waals surface area contributed by atoms with Crippen molar-refractivity contribution in [3.63, 3.8) is 0 Å². The number of carbonyl (C=O) groups is 2. The van der Waals surface area contributed by atoms with E-state index in [0.717, 1.165) is 41.1 Å². The number of sulfonamides is 1. The Labute approximate surface area is 221 Å². The second-order valence-electron chi connectivity index (χ2n) is 9.71. The molecule has 0 radical (unpaired) electrons. The van der Waals surface area contributed by atoms with Gasteiger partial charge in [-0.3, -0.25) is 9.59 Å². The summed E-state index contributed by atoms with van der Waals surface area (Å²) in [5.41, 5.74) is 1.76. The summed E-state index contributed by atoms with van der Waals surface area (Å²) in [7, 11) is -0.901. The molecule has 0 unspecified atom stereocenters. The molecular formula is C28H39N3O5S. The normalized spacial score (nSPS) is 15.3. The van der Waals surface area contributed by atoms with Gasteiger partial charge in [0.25, 0.3) is 0 Å². The van der Waals surface area contributed by atoms with Gasteiger partial charge in [0.2, 0.25) is 21.8 Å². The van der Waals surface area contributed by atoms with Crippen molar-refractivity contribution in [1.82, 2.24) is 14.5 Å². The maximum atomic E-state index is 13.6. The minimum absolute atomic E-state index is 0.109. The van der Waals surface area contributed by atoms with Crippen LogP contribution in [0.4, 0.5) is 0 Å². The first-order valence-electron chi connectivity index (χ1n) is 12.9. The lowest BCUT2D eigenvalue weighted by molar-refractivity contribution is -0.141. The largest absolute Gasteiger partial charge is 0.497 e. The number of benzene rings is 2. The number of ether oxygens (including phenoxy) is 1. The fraction of sp³-hybridized carbons (Fsp3) is 0.500. The van der Waals surface area contributed by atoms with Crippen LogP contribution in [0, 0.1) is 6.92 Å². The van der Waals surface area contributed by atoms with E-state index in [2.05, 4.69) is 5.32 Å². The molecule has 37 heavy (non-hydrogen) atoms. The maximum absolute atomic E-state index is 13.6. The Bertz CT molecular complexity index is 1140. The molecule has 1 atom stereocenters. The van der Waals surface area contributed by atoms with Crippen LogP contribution in [-0.4, -0.2) is 62.2 Å². The Kier molecular flexibility index (Phi) is 10.1. The summed E-state index contributed by atoms with van der Waals surface area (Å²) in [6, 6.07) is 13.2. The molecule has 0 aliphatic heterocycles. The molecular weight excluding hydrogens is 490 g/mol. The van der Waals surface area contributed by atoms with E-state index in [9.17, 15) is 18.0 Å². The van der Waals surface area contributed by atoms with Gasteiger partial charge in [0.15, 0.2) is 0 Å². The average molecular weight is 530 g/mol. The number of methoxy groups -OCH3 is 1. The standard InChI is InChI=1S/C28H39N3O5S/c1-5-26(28(33)29-23-9-7-6-8-10-23)31(19-22-13-15-24(36-4)16-14-22)27(32)20-30(3)37(34,35)25-17-11-21(2)12-18-25/h11-18,23,26H,5-10,19-20H2,1-4H3,(H,29,33)/t26-/m1/s1. The zero-order valence-electron chi connectivity index (χ0n) is 22.3. The Morgan fingerprint density at radius 3 is 2.22 bits per heavy atom. The van der Waals surface area contributed by atoms with Gasteiger partial charge >= 0.3 is 0 Å². The van der Waals surface area contributed by atoms with Gasteiger partial charge in [-0.2, -0.15) is 4.31 Å². The van der Waals surface area contributed by atoms with Crippen molar-refractivity contribution in [2.24, 2.45) is 0 Å². The minimum atomic E-state index is -3.87. The first kappa shape index (κ1) is 28.7. The van der Waals surface area contributed by atoms with Gasteiger partial charge in [0, 0.05) is 19.6 Å². The summed E-state index contributed by atoms with van der Waals surface area (Å²) < 4.78 is 32.5. The highest BCUT2D eigenvalue weighted by atomic mass is 32.2. The fourth-order valence-electron chi connectivity index (χ4n) is 4.65. The van der Waals surface area contributed by atoms with Crippen LogP contribution in [0.3, 0.4) is 0 Å². The molecule has 0 spiro atoms. The molecule has 202 valence electrons. The van der Waals surface area contributed by atoms with E-state index in [1.165, 1.54) is 30.5 Å². The van der Waals surface area contributed by atoms with Gasteiger partial charge < -0.3 is 15.0 Å². The second kappa shape index (κ2) is 13.1. The Morgan fingerprint density at radius 1 is 1.03 bits per heavy atom. The van der Waals surface area contributed by atoms with E-state index in [0.29, 0.717) is 12.2 Å². The van der Waals surface area contributed by atoms with Gasteiger partial charge in [-0.25, -0.2) is 8.42 Å². The van der Waals surface area contributed by atoms with Crippen molar-refractivity contribution in [2.75, 3.05) is 20.7 Å². The van der Waals surface area contributed by atoms with Crippen LogP contribution in [-0.2, 0) is 26.2 Å². The summed E-state index contributed by atoms with van der Waals surface area (Å²) in [5, 5.41) is 3.14. The average Bonchev–Trinajstić information content (AvgIpc) is 2.89. The van der Waals surface area contributed by atoms with E-state index in [1.807, 2.05) is 26.0 Å². The van der Waals surface area contributed by atoms with Crippen LogP contribution in [0.1, 0.15) is 56.6 Å². The molecule has 0 heterocycles. The highest BCUT2D eigenvalue weighted by Crippen LogP contribution is 2.21. The topological polar surface area (TPSA) is 96.0 Å². The smallest absolute Gasteiger partial charge is 0.243 e. The maximum Gasteiger partial charge on any atom is 0.243 e. The zero-order valence-corrected chi connectivity index (χ0v) is 23.1. The van der Waals surface area contributed by atoms with Crippen molar-refractivity contribution in [2.45, 2.75) is 75.9 Å². The highest BCUT2D eigenvalue weighted by molar-refractivity contribution is 7.89. The van der Waals surface area contributed by atoms with Gasteiger partial charge in [0.1, 0.15) is 11.8 Å². The van der Waals surface area contributed by atoms with Crippen LogP contribution in [0.2, 0.25) is 0 Å². The summed E-state index contributed by atoms with van der Waals surface area (Å²) in [5.74, 6) is 0.0626. The van der Waals surface area contributed by atoms with Crippen LogP contribution in [0.5, 0.6) is 5.75 Å². The predicted octanol–water partition coefficient (Wildman–Crippen LogP) is 3.88. The van der Waals surface area contributed by atoms with Crippen molar-refractivity contribution in [3.05, 3.63) is 59.7 Å². The number of hydrogen-bond donors (Lipinski definition) is 1. The van der Waals surface area contributed by atoms with E-state index < -0.39 is 22.0 Å². The number of aryl methyl sites for hydroxylation is 1. The Hall–Kier alpha value is -2.91. The molecule has 0 bridgehead atoms. The van der Waals surface area contributed by atoms with Crippen LogP contribution in [0.15, 0.2) is 53.4 Å². The van der Waals surface area contributed by atoms with Gasteiger partial charge in [-0.15, -0.1) is 0 Å². The number of nitrogens with one attached hydrogen (secondary N) is 1. The SMILES string of the molecule is CC[C@H](C(=O)NC1CCCCC1)N(Cc1ccc(OC)cc1)C(=O)CN(C)S(=O)(=O)c1ccc(C)cc1. The van der Waals surface area contributed by atoms with Crippen molar-refractivity contribution in [1.29, 1.82) is 0 Å². The number of amides is 2. The molecule has 1 aliphatic carbocycles. The molecule has 1 aliphatic rings. The Morgan fingerprint density at radius 2 is 1.65 bits per heavy atom. The molecule has 1 fully saturated rings. The lowest BCUT2D eigenvalue weighted by Gasteiger charge is -2.33. The lowest BCUT2D eigenvalue weighted by Crippen LogP contribution is -2.53. The van der Waals surface area contributed by atoms with Gasteiger partial charge in [0.05, 0.1) is 18.6 Å². The van der Waals surface area contributed by atoms with Crippen LogP contribution in [0.25, 0.3) is 0 Å². The lowest BCUT2D eigenvalue weighted by atomic mass is 9.95. The third-order valence-electron chi connectivity index (χ3n) is 6.94. The van der Waals surface area contributed by atoms with Crippen LogP contribution >= 0.6 is 0 Å². The summed E-state index contributed by atoms with van der Waals surface area (Å²) in [6.07, 6.45) is 5.62. The minimum Gasteiger partial charge on any atom is -0.497 e. The van der Waals surface area contributed by atoms with E-state index in [-0.39, 0.29) is 29.9 Å². The van der Waals surface area contributed by atoms with Gasteiger partial charge in [-0.05, 0) is 56.0 Å². The molecule has 2 aromatic carbocycles. The first-order valence-corrected chi connectivity index (χ1v) is 14.4. The summed E-state index contributed by atoms with van der Waals surface area (Å²) >= 11 is 0. The molecule has 2 aromatic rings. The van der Waals surface area contributed by atoms with Crippen molar-refractivity contribution >= 4 is 21.8 Å². The second-order valence-corrected chi connectivity index (χ2v) is 11.8. The number of rotatable bonds is 11. The quantitative estimate of drug-likeness (QED) is 0.477. The molecule has 0 aromatic heterocycles. The predicted molar refractivity (Wildman–Crippen MR) is 144 cm³/mol. The molecule has 2 amide bonds. The van der Waals surface area contributed by atoms with E-state index in [4.69, 9.17) is 4.74 Å². The summed E-state index contributed by atoms with van der Waals surface area (Å²) in [6.45, 7) is 3.55. The van der Waals surface area contributed by atoms with Crippen LogP contribution < -0.4 is 10.1 Å². The number of carbonyl (C=O) groups excluding carboxylic acids is 2. The third-order valence-corrected chi connectivity index (χ3v) is 8.75. The fourth-order valence-corrected chi connectivity index (χ4v) is 5.77. The van der Waals surface area contributed by atoms with Crippen molar-refractivity contribution in [3.8, 4) is 5.75 Å². The molecule has 1 saturated carbocycles. The molecule has 8 nitrogen and oxygen atoms in total. The van der Waals surface area contributed by atoms with Crippen molar-refractivity contribution < 1.29 is 22.7 Å². The summed E-state index contributed by atoms with van der Waals surface area (Å²) in [4.78, 5) is 28.6. The highest BCUT2D eigenvalue weighted by Gasteiger charge is 2.32.